The topological polar surface area (TPSA) is 27.1 Å². The SMILES string of the molecule is CSc1ccc(-c2nn3c(c2C)OCCC3)c(F)c1. The third-order valence-electron chi connectivity index (χ3n) is 3.32. The highest BCUT2D eigenvalue weighted by atomic mass is 32.2. The van der Waals surface area contributed by atoms with Crippen molar-refractivity contribution >= 4 is 11.8 Å². The molecule has 0 N–H and O–H groups in total. The highest BCUT2D eigenvalue weighted by Crippen LogP contribution is 2.34. The lowest BCUT2D eigenvalue weighted by Crippen LogP contribution is -2.14. The van der Waals surface area contributed by atoms with Gasteiger partial charge in [0.15, 0.2) is 0 Å². The minimum atomic E-state index is -0.231. The van der Waals surface area contributed by atoms with Gasteiger partial charge in [-0.15, -0.1) is 11.8 Å². The highest BCUT2D eigenvalue weighted by molar-refractivity contribution is 7.98. The van der Waals surface area contributed by atoms with Crippen LogP contribution in [-0.2, 0) is 6.54 Å². The first kappa shape index (κ1) is 12.5. The van der Waals surface area contributed by atoms with Crippen molar-refractivity contribution in [2.75, 3.05) is 12.9 Å². The number of thioether (sulfide) groups is 1. The summed E-state index contributed by atoms with van der Waals surface area (Å²) in [6.45, 7) is 3.47. The molecule has 3 rings (SSSR count). The van der Waals surface area contributed by atoms with Gasteiger partial charge in [-0.25, -0.2) is 9.07 Å². The number of aromatic nitrogens is 2. The van der Waals surface area contributed by atoms with E-state index in [0.717, 1.165) is 29.3 Å². The Balaban J connectivity index is 2.09. The van der Waals surface area contributed by atoms with Crippen molar-refractivity contribution in [1.82, 2.24) is 9.78 Å². The van der Waals surface area contributed by atoms with Crippen LogP contribution in [0.5, 0.6) is 5.88 Å². The van der Waals surface area contributed by atoms with E-state index in [0.29, 0.717) is 17.9 Å². The molecule has 0 radical (unpaired) electrons. The summed E-state index contributed by atoms with van der Waals surface area (Å²) in [4.78, 5) is 0.916. The number of ether oxygens (including phenoxy) is 1. The summed E-state index contributed by atoms with van der Waals surface area (Å²) in [5, 5.41) is 4.48. The summed E-state index contributed by atoms with van der Waals surface area (Å²) in [5.74, 6) is 0.542. The zero-order valence-electron chi connectivity index (χ0n) is 10.9. The fourth-order valence-corrected chi connectivity index (χ4v) is 2.75. The minimum Gasteiger partial charge on any atom is -0.478 e. The number of rotatable bonds is 2. The lowest BCUT2D eigenvalue weighted by Gasteiger charge is -2.14. The molecule has 1 aliphatic rings. The molecule has 100 valence electrons. The molecule has 5 heteroatoms. The van der Waals surface area contributed by atoms with Crippen LogP contribution >= 0.6 is 11.8 Å². The molecule has 0 atom stereocenters. The van der Waals surface area contributed by atoms with Gasteiger partial charge in [-0.3, -0.25) is 0 Å². The van der Waals surface area contributed by atoms with E-state index in [9.17, 15) is 4.39 Å². The third kappa shape index (κ3) is 2.12. The molecule has 3 nitrogen and oxygen atoms in total. The van der Waals surface area contributed by atoms with Crippen LogP contribution in [0.4, 0.5) is 4.39 Å². The second-order valence-corrected chi connectivity index (χ2v) is 5.43. The molecule has 19 heavy (non-hydrogen) atoms. The Morgan fingerprint density at radius 1 is 1.42 bits per heavy atom. The maximum Gasteiger partial charge on any atom is 0.215 e. The van der Waals surface area contributed by atoms with E-state index in [4.69, 9.17) is 4.74 Å². The molecule has 1 aliphatic heterocycles. The smallest absolute Gasteiger partial charge is 0.215 e. The predicted octanol–water partition coefficient (Wildman–Crippen LogP) is 3.50. The average Bonchev–Trinajstić information content (AvgIpc) is 2.76. The first-order valence-electron chi connectivity index (χ1n) is 6.25. The molecule has 0 spiro atoms. The van der Waals surface area contributed by atoms with E-state index in [-0.39, 0.29) is 5.82 Å². The highest BCUT2D eigenvalue weighted by Gasteiger charge is 2.21. The molecule has 1 aromatic carbocycles. The molecular formula is C14H15FN2OS. The predicted molar refractivity (Wildman–Crippen MR) is 74.3 cm³/mol. The number of hydrogen-bond acceptors (Lipinski definition) is 3. The average molecular weight is 278 g/mol. The van der Waals surface area contributed by atoms with Gasteiger partial charge in [-0.1, -0.05) is 0 Å². The Labute approximate surface area is 115 Å². The Hall–Kier alpha value is -1.49. The van der Waals surface area contributed by atoms with E-state index in [2.05, 4.69) is 5.10 Å². The van der Waals surface area contributed by atoms with Crippen molar-refractivity contribution < 1.29 is 9.13 Å². The van der Waals surface area contributed by atoms with Gasteiger partial charge in [0.2, 0.25) is 5.88 Å². The molecule has 0 saturated carbocycles. The van der Waals surface area contributed by atoms with Gasteiger partial charge >= 0.3 is 0 Å². The van der Waals surface area contributed by atoms with Gasteiger partial charge in [-0.05, 0) is 31.4 Å². The molecule has 0 fully saturated rings. The number of nitrogens with zero attached hydrogens (tertiary/aromatic N) is 2. The first-order chi connectivity index (χ1) is 9.20. The van der Waals surface area contributed by atoms with Crippen LogP contribution in [0.1, 0.15) is 12.0 Å². The van der Waals surface area contributed by atoms with Crippen LogP contribution in [0, 0.1) is 12.7 Å². The molecule has 2 aromatic rings. The monoisotopic (exact) mass is 278 g/mol. The zero-order valence-corrected chi connectivity index (χ0v) is 11.8. The zero-order chi connectivity index (χ0) is 13.4. The second-order valence-electron chi connectivity index (χ2n) is 4.55. The molecule has 0 bridgehead atoms. The molecule has 0 unspecified atom stereocenters. The minimum absolute atomic E-state index is 0.231. The van der Waals surface area contributed by atoms with E-state index < -0.39 is 0 Å². The fourth-order valence-electron chi connectivity index (χ4n) is 2.32. The number of fused-ring (bicyclic) bond motifs is 1. The maximum atomic E-state index is 14.2. The summed E-state index contributed by atoms with van der Waals surface area (Å²) >= 11 is 1.53. The van der Waals surface area contributed by atoms with Gasteiger partial charge in [0.1, 0.15) is 11.5 Å². The largest absolute Gasteiger partial charge is 0.478 e. The molecule has 0 aliphatic carbocycles. The standard InChI is InChI=1S/C14H15FN2OS/c1-9-13(16-17-6-3-7-18-14(9)17)11-5-4-10(19-2)8-12(11)15/h4-5,8H,3,6-7H2,1-2H3. The van der Waals surface area contributed by atoms with Gasteiger partial charge in [0.25, 0.3) is 0 Å². The molecular weight excluding hydrogens is 263 g/mol. The van der Waals surface area contributed by atoms with Crippen molar-refractivity contribution in [3.63, 3.8) is 0 Å². The molecule has 1 aromatic heterocycles. The Kier molecular flexibility index (Phi) is 3.22. The Morgan fingerprint density at radius 3 is 2.95 bits per heavy atom. The first-order valence-corrected chi connectivity index (χ1v) is 7.47. The van der Waals surface area contributed by atoms with Gasteiger partial charge in [0.05, 0.1) is 6.61 Å². The van der Waals surface area contributed by atoms with E-state index in [1.807, 2.05) is 23.9 Å². The second kappa shape index (κ2) is 4.89. The summed E-state index contributed by atoms with van der Waals surface area (Å²) < 4.78 is 21.6. The lowest BCUT2D eigenvalue weighted by molar-refractivity contribution is 0.229. The van der Waals surface area contributed by atoms with Crippen molar-refractivity contribution in [3.8, 4) is 17.1 Å². The maximum absolute atomic E-state index is 14.2. The van der Waals surface area contributed by atoms with E-state index in [1.54, 1.807) is 12.1 Å². The number of halogens is 1. The summed E-state index contributed by atoms with van der Waals surface area (Å²) in [5.41, 5.74) is 2.14. The lowest BCUT2D eigenvalue weighted by atomic mass is 10.1. The van der Waals surface area contributed by atoms with Crippen molar-refractivity contribution in [2.45, 2.75) is 24.8 Å². The quantitative estimate of drug-likeness (QED) is 0.787. The van der Waals surface area contributed by atoms with Crippen LogP contribution in [0.2, 0.25) is 0 Å². The third-order valence-corrected chi connectivity index (χ3v) is 4.04. The molecule has 0 amide bonds. The normalized spacial score (nSPS) is 14.1. The van der Waals surface area contributed by atoms with Crippen molar-refractivity contribution in [2.24, 2.45) is 0 Å². The van der Waals surface area contributed by atoms with E-state index >= 15 is 0 Å². The van der Waals surface area contributed by atoms with Crippen LogP contribution < -0.4 is 4.74 Å². The van der Waals surface area contributed by atoms with Gasteiger partial charge in [-0.2, -0.15) is 5.10 Å². The summed E-state index contributed by atoms with van der Waals surface area (Å²) in [6, 6.07) is 5.27. The Bertz CT molecular complexity index is 624. The molecule has 0 saturated heterocycles. The number of benzene rings is 1. The Morgan fingerprint density at radius 2 is 2.26 bits per heavy atom. The van der Waals surface area contributed by atoms with Crippen LogP contribution in [0.15, 0.2) is 23.1 Å². The summed E-state index contributed by atoms with van der Waals surface area (Å²) in [7, 11) is 0. The number of hydrogen-bond donors (Lipinski definition) is 0. The van der Waals surface area contributed by atoms with Crippen LogP contribution in [0.3, 0.4) is 0 Å². The number of aryl methyl sites for hydroxylation is 1. The van der Waals surface area contributed by atoms with E-state index in [1.165, 1.54) is 11.8 Å². The van der Waals surface area contributed by atoms with Gasteiger partial charge in [0, 0.05) is 29.0 Å². The molecule has 2 heterocycles. The fraction of sp³-hybridized carbons (Fsp3) is 0.357. The van der Waals surface area contributed by atoms with Gasteiger partial charge < -0.3 is 4.74 Å². The summed E-state index contributed by atoms with van der Waals surface area (Å²) in [6.07, 6.45) is 2.88. The van der Waals surface area contributed by atoms with Crippen LogP contribution in [-0.4, -0.2) is 22.6 Å². The van der Waals surface area contributed by atoms with Crippen molar-refractivity contribution in [1.29, 1.82) is 0 Å². The van der Waals surface area contributed by atoms with Crippen molar-refractivity contribution in [3.05, 3.63) is 29.6 Å². The van der Waals surface area contributed by atoms with Crippen LogP contribution in [0.25, 0.3) is 11.3 Å².